The van der Waals surface area contributed by atoms with Crippen LogP contribution in [0.1, 0.15) is 13.8 Å². The van der Waals surface area contributed by atoms with Gasteiger partial charge in [-0.3, -0.25) is 4.79 Å². The highest BCUT2D eigenvalue weighted by molar-refractivity contribution is 9.10. The van der Waals surface area contributed by atoms with Crippen LogP contribution >= 0.6 is 15.9 Å². The van der Waals surface area contributed by atoms with Gasteiger partial charge in [0.2, 0.25) is 5.91 Å². The summed E-state index contributed by atoms with van der Waals surface area (Å²) in [6, 6.07) is 2.28. The van der Waals surface area contributed by atoms with Crippen molar-refractivity contribution in [3.05, 3.63) is 28.2 Å². The van der Waals surface area contributed by atoms with E-state index in [1.807, 2.05) is 0 Å². The first-order valence-corrected chi connectivity index (χ1v) is 5.17. The number of amides is 1. The van der Waals surface area contributed by atoms with E-state index in [-0.39, 0.29) is 22.0 Å². The predicted molar refractivity (Wildman–Crippen MR) is 57.5 cm³/mol. The minimum Gasteiger partial charge on any atom is -0.323 e. The van der Waals surface area contributed by atoms with E-state index < -0.39 is 11.6 Å². The van der Waals surface area contributed by atoms with E-state index in [0.717, 1.165) is 6.07 Å². The van der Waals surface area contributed by atoms with Gasteiger partial charge in [0, 0.05) is 5.92 Å². The lowest BCUT2D eigenvalue weighted by Crippen LogP contribution is -2.18. The maximum absolute atomic E-state index is 13.4. The van der Waals surface area contributed by atoms with Gasteiger partial charge in [-0.05, 0) is 28.1 Å². The fourth-order valence-electron chi connectivity index (χ4n) is 0.900. The van der Waals surface area contributed by atoms with Crippen molar-refractivity contribution in [2.45, 2.75) is 13.8 Å². The average molecular weight is 278 g/mol. The normalized spacial score (nSPS) is 10.5. The number of rotatable bonds is 2. The van der Waals surface area contributed by atoms with Crippen molar-refractivity contribution in [1.29, 1.82) is 0 Å². The Kier molecular flexibility index (Phi) is 3.79. The molecule has 0 unspecified atom stereocenters. The highest BCUT2D eigenvalue weighted by atomic mass is 79.9. The summed E-state index contributed by atoms with van der Waals surface area (Å²) in [7, 11) is 0. The zero-order valence-electron chi connectivity index (χ0n) is 8.27. The number of hydrogen-bond acceptors (Lipinski definition) is 1. The molecule has 0 heterocycles. The standard InChI is InChI=1S/C10H10BrF2NO/c1-5(2)10(15)14-7-4-3-6(12)8(11)9(7)13/h3-5H,1-2H3,(H,14,15). The molecule has 1 rings (SSSR count). The molecular weight excluding hydrogens is 268 g/mol. The monoisotopic (exact) mass is 277 g/mol. The molecule has 0 radical (unpaired) electrons. The number of carbonyl (C=O) groups excluding carboxylic acids is 1. The van der Waals surface area contributed by atoms with Crippen molar-refractivity contribution in [3.63, 3.8) is 0 Å². The summed E-state index contributed by atoms with van der Waals surface area (Å²) in [5.74, 6) is -2.07. The van der Waals surface area contributed by atoms with Crippen LogP contribution in [0, 0.1) is 17.6 Å². The van der Waals surface area contributed by atoms with Gasteiger partial charge in [0.25, 0.3) is 0 Å². The maximum atomic E-state index is 13.4. The highest BCUT2D eigenvalue weighted by Crippen LogP contribution is 2.26. The van der Waals surface area contributed by atoms with Crippen LogP contribution in [-0.4, -0.2) is 5.91 Å². The van der Waals surface area contributed by atoms with Crippen molar-refractivity contribution < 1.29 is 13.6 Å². The Bertz CT molecular complexity index is 393. The van der Waals surface area contributed by atoms with Crippen molar-refractivity contribution in [2.75, 3.05) is 5.32 Å². The summed E-state index contributed by atoms with van der Waals surface area (Å²) in [4.78, 5) is 11.3. The minimum atomic E-state index is -0.802. The van der Waals surface area contributed by atoms with Gasteiger partial charge in [-0.15, -0.1) is 0 Å². The third kappa shape index (κ3) is 2.75. The third-order valence-corrected chi connectivity index (χ3v) is 2.54. The second-order valence-electron chi connectivity index (χ2n) is 3.37. The van der Waals surface area contributed by atoms with E-state index in [2.05, 4.69) is 21.2 Å². The van der Waals surface area contributed by atoms with E-state index in [1.165, 1.54) is 6.07 Å². The Hall–Kier alpha value is -0.970. The van der Waals surface area contributed by atoms with E-state index in [0.29, 0.717) is 0 Å². The maximum Gasteiger partial charge on any atom is 0.227 e. The number of nitrogens with one attached hydrogen (secondary N) is 1. The molecule has 2 nitrogen and oxygen atoms in total. The SMILES string of the molecule is CC(C)C(=O)Nc1ccc(F)c(Br)c1F. The number of halogens is 3. The smallest absolute Gasteiger partial charge is 0.227 e. The first kappa shape index (κ1) is 12.1. The highest BCUT2D eigenvalue weighted by Gasteiger charge is 2.14. The molecule has 1 aromatic carbocycles. The summed E-state index contributed by atoms with van der Waals surface area (Å²) in [6.45, 7) is 3.37. The summed E-state index contributed by atoms with van der Waals surface area (Å²) >= 11 is 2.76. The second-order valence-corrected chi connectivity index (χ2v) is 4.16. The Morgan fingerprint density at radius 1 is 1.40 bits per heavy atom. The van der Waals surface area contributed by atoms with Gasteiger partial charge < -0.3 is 5.32 Å². The Morgan fingerprint density at radius 3 is 2.53 bits per heavy atom. The summed E-state index contributed by atoms with van der Waals surface area (Å²) < 4.78 is 26.0. The van der Waals surface area contributed by atoms with Gasteiger partial charge in [-0.25, -0.2) is 8.78 Å². The zero-order valence-corrected chi connectivity index (χ0v) is 9.86. The third-order valence-electron chi connectivity index (χ3n) is 1.82. The molecule has 1 aromatic rings. The number of benzene rings is 1. The molecule has 0 spiro atoms. The van der Waals surface area contributed by atoms with Crippen LogP contribution in [0.5, 0.6) is 0 Å². The first-order valence-electron chi connectivity index (χ1n) is 4.38. The molecule has 5 heteroatoms. The van der Waals surface area contributed by atoms with Crippen LogP contribution in [-0.2, 0) is 4.79 Å². The van der Waals surface area contributed by atoms with Crippen LogP contribution < -0.4 is 5.32 Å². The molecular formula is C10H10BrF2NO. The van der Waals surface area contributed by atoms with Crippen molar-refractivity contribution in [2.24, 2.45) is 5.92 Å². The van der Waals surface area contributed by atoms with Crippen LogP contribution in [0.3, 0.4) is 0 Å². The van der Waals surface area contributed by atoms with E-state index >= 15 is 0 Å². The molecule has 82 valence electrons. The molecule has 0 fully saturated rings. The number of anilines is 1. The Labute approximate surface area is 94.8 Å². The van der Waals surface area contributed by atoms with Gasteiger partial charge in [-0.1, -0.05) is 13.8 Å². The predicted octanol–water partition coefficient (Wildman–Crippen LogP) is 3.32. The van der Waals surface area contributed by atoms with E-state index in [1.54, 1.807) is 13.8 Å². The van der Waals surface area contributed by atoms with Gasteiger partial charge in [-0.2, -0.15) is 0 Å². The average Bonchev–Trinajstić information content (AvgIpc) is 2.18. The molecule has 1 amide bonds. The molecule has 0 aliphatic heterocycles. The quantitative estimate of drug-likeness (QED) is 0.826. The largest absolute Gasteiger partial charge is 0.323 e. The van der Waals surface area contributed by atoms with E-state index in [4.69, 9.17) is 0 Å². The zero-order chi connectivity index (χ0) is 11.6. The molecule has 0 atom stereocenters. The molecule has 0 aliphatic carbocycles. The fourth-order valence-corrected chi connectivity index (χ4v) is 1.25. The van der Waals surface area contributed by atoms with Crippen molar-refractivity contribution in [1.82, 2.24) is 0 Å². The molecule has 0 saturated carbocycles. The molecule has 1 N–H and O–H groups in total. The molecule has 15 heavy (non-hydrogen) atoms. The molecule has 0 aliphatic rings. The van der Waals surface area contributed by atoms with Crippen LogP contribution in [0.15, 0.2) is 16.6 Å². The second kappa shape index (κ2) is 4.70. The lowest BCUT2D eigenvalue weighted by molar-refractivity contribution is -0.118. The summed E-state index contributed by atoms with van der Waals surface area (Å²) in [6.07, 6.45) is 0. The van der Waals surface area contributed by atoms with Gasteiger partial charge in [0.1, 0.15) is 5.82 Å². The molecule has 0 saturated heterocycles. The lowest BCUT2D eigenvalue weighted by atomic mass is 10.2. The lowest BCUT2D eigenvalue weighted by Gasteiger charge is -2.09. The first-order chi connectivity index (χ1) is 6.93. The fraction of sp³-hybridized carbons (Fsp3) is 0.300. The molecule has 0 aromatic heterocycles. The Balaban J connectivity index is 2.97. The summed E-state index contributed by atoms with van der Waals surface area (Å²) in [5, 5.41) is 2.37. The van der Waals surface area contributed by atoms with E-state index in [9.17, 15) is 13.6 Å². The molecule has 0 bridgehead atoms. The Morgan fingerprint density at radius 2 is 2.00 bits per heavy atom. The van der Waals surface area contributed by atoms with Crippen LogP contribution in [0.4, 0.5) is 14.5 Å². The van der Waals surface area contributed by atoms with Crippen LogP contribution in [0.2, 0.25) is 0 Å². The number of hydrogen-bond donors (Lipinski definition) is 1. The summed E-state index contributed by atoms with van der Waals surface area (Å²) in [5.41, 5.74) is -0.0259. The number of carbonyl (C=O) groups is 1. The minimum absolute atomic E-state index is 0.0259. The van der Waals surface area contributed by atoms with Gasteiger partial charge in [0.05, 0.1) is 10.2 Å². The van der Waals surface area contributed by atoms with Crippen molar-refractivity contribution in [3.8, 4) is 0 Å². The van der Waals surface area contributed by atoms with Gasteiger partial charge in [0.15, 0.2) is 5.82 Å². The topological polar surface area (TPSA) is 29.1 Å². The van der Waals surface area contributed by atoms with Gasteiger partial charge >= 0.3 is 0 Å². The van der Waals surface area contributed by atoms with Crippen molar-refractivity contribution >= 4 is 27.5 Å². The van der Waals surface area contributed by atoms with Crippen LogP contribution in [0.25, 0.3) is 0 Å².